The number of hydrogen-bond donors (Lipinski definition) is 1. The van der Waals surface area contributed by atoms with Gasteiger partial charge in [0.15, 0.2) is 17.0 Å². The second kappa shape index (κ2) is 9.01. The normalized spacial score (nSPS) is 12.3. The lowest BCUT2D eigenvalue weighted by molar-refractivity contribution is -0.121. The van der Waals surface area contributed by atoms with Crippen LogP contribution < -0.4 is 20.3 Å². The molecule has 3 heterocycles. The first kappa shape index (κ1) is 21.7. The second-order valence-electron chi connectivity index (χ2n) is 8.24. The molecule has 4 aromatic rings. The Kier molecular flexibility index (Phi) is 5.75. The maximum absolute atomic E-state index is 13.1. The average Bonchev–Trinajstić information content (AvgIpc) is 3.45. The smallest absolute Gasteiger partial charge is 0.295 e. The number of nitrogens with one attached hydrogen (secondary N) is 1. The summed E-state index contributed by atoms with van der Waals surface area (Å²) in [6, 6.07) is 15.3. The monoisotopic (exact) mass is 459 g/mol. The van der Waals surface area contributed by atoms with Crippen LogP contribution in [0.3, 0.4) is 0 Å². The number of ether oxygens (including phenoxy) is 2. The topological polar surface area (TPSA) is 100 Å². The van der Waals surface area contributed by atoms with Crippen LogP contribution in [0.15, 0.2) is 53.3 Å². The highest BCUT2D eigenvalue weighted by Crippen LogP contribution is 2.32. The first-order chi connectivity index (χ1) is 16.5. The van der Waals surface area contributed by atoms with E-state index in [0.29, 0.717) is 36.5 Å². The van der Waals surface area contributed by atoms with Gasteiger partial charge in [-0.25, -0.2) is 9.36 Å². The van der Waals surface area contributed by atoms with E-state index in [4.69, 9.17) is 9.47 Å². The van der Waals surface area contributed by atoms with Crippen LogP contribution in [0.2, 0.25) is 0 Å². The van der Waals surface area contributed by atoms with E-state index < -0.39 is 0 Å². The van der Waals surface area contributed by atoms with Crippen LogP contribution in [0, 0.1) is 13.8 Å². The molecule has 0 saturated heterocycles. The third-order valence-corrected chi connectivity index (χ3v) is 5.89. The van der Waals surface area contributed by atoms with Crippen molar-refractivity contribution in [1.82, 2.24) is 24.9 Å². The zero-order valence-corrected chi connectivity index (χ0v) is 19.1. The lowest BCUT2D eigenvalue weighted by Gasteiger charge is -2.08. The fourth-order valence-electron chi connectivity index (χ4n) is 4.19. The minimum absolute atomic E-state index is 0.0901. The standard InChI is InChI=1S/C25H25N5O4/c1-16-23-17(2)30(19-7-4-3-5-8-19)28-24(23)25(32)29(27-16)12-6-9-22(31)26-14-18-10-11-20-21(13-18)34-15-33-20/h3-5,7-8,10-11,13H,6,9,12,14-15H2,1-2H3,(H,26,31). The summed E-state index contributed by atoms with van der Waals surface area (Å²) in [6.45, 7) is 4.76. The molecule has 2 aromatic heterocycles. The quantitative estimate of drug-likeness (QED) is 0.456. The Morgan fingerprint density at radius 1 is 1.06 bits per heavy atom. The number of benzene rings is 2. The van der Waals surface area contributed by atoms with Crippen molar-refractivity contribution in [2.45, 2.75) is 39.8 Å². The molecule has 34 heavy (non-hydrogen) atoms. The summed E-state index contributed by atoms with van der Waals surface area (Å²) in [5.74, 6) is 1.31. The van der Waals surface area contributed by atoms with Crippen LogP contribution in [-0.4, -0.2) is 32.3 Å². The molecule has 2 aromatic carbocycles. The lowest BCUT2D eigenvalue weighted by Crippen LogP contribution is -2.26. The molecule has 174 valence electrons. The van der Waals surface area contributed by atoms with Crippen molar-refractivity contribution in [2.75, 3.05) is 6.79 Å². The van der Waals surface area contributed by atoms with Gasteiger partial charge in [-0.2, -0.15) is 10.2 Å². The van der Waals surface area contributed by atoms with E-state index in [0.717, 1.165) is 28.0 Å². The van der Waals surface area contributed by atoms with Gasteiger partial charge in [-0.3, -0.25) is 9.59 Å². The fourth-order valence-corrected chi connectivity index (χ4v) is 4.19. The second-order valence-corrected chi connectivity index (χ2v) is 8.24. The van der Waals surface area contributed by atoms with Crippen LogP contribution in [0.4, 0.5) is 0 Å². The van der Waals surface area contributed by atoms with Crippen molar-refractivity contribution < 1.29 is 14.3 Å². The highest BCUT2D eigenvalue weighted by atomic mass is 16.7. The largest absolute Gasteiger partial charge is 0.454 e. The Morgan fingerprint density at radius 3 is 2.68 bits per heavy atom. The number of nitrogens with zero attached hydrogens (tertiary/aromatic N) is 4. The molecule has 9 nitrogen and oxygen atoms in total. The summed E-state index contributed by atoms with van der Waals surface area (Å²) < 4.78 is 13.8. The predicted molar refractivity (Wildman–Crippen MR) is 126 cm³/mol. The van der Waals surface area contributed by atoms with E-state index >= 15 is 0 Å². The summed E-state index contributed by atoms with van der Waals surface area (Å²) in [5, 5.41) is 12.7. The van der Waals surface area contributed by atoms with Gasteiger partial charge in [-0.15, -0.1) is 0 Å². The third-order valence-electron chi connectivity index (χ3n) is 5.89. The van der Waals surface area contributed by atoms with Crippen LogP contribution in [0.25, 0.3) is 16.6 Å². The molecular formula is C25H25N5O4. The van der Waals surface area contributed by atoms with Gasteiger partial charge in [0.1, 0.15) is 0 Å². The van der Waals surface area contributed by atoms with E-state index in [1.165, 1.54) is 4.68 Å². The molecule has 5 rings (SSSR count). The highest BCUT2D eigenvalue weighted by Gasteiger charge is 2.18. The van der Waals surface area contributed by atoms with Gasteiger partial charge < -0.3 is 14.8 Å². The molecule has 1 aliphatic rings. The molecule has 0 bridgehead atoms. The van der Waals surface area contributed by atoms with Crippen LogP contribution in [0.1, 0.15) is 29.8 Å². The number of amides is 1. The average molecular weight is 460 g/mol. The molecule has 0 aliphatic carbocycles. The fraction of sp³-hybridized carbons (Fsp3) is 0.280. The summed E-state index contributed by atoms with van der Waals surface area (Å²) in [7, 11) is 0. The minimum Gasteiger partial charge on any atom is -0.454 e. The summed E-state index contributed by atoms with van der Waals surface area (Å²) in [4.78, 5) is 25.4. The SMILES string of the molecule is Cc1nn(CCCC(=O)NCc2ccc3c(c2)OCO3)c(=O)c2nn(-c3ccccc3)c(C)c12. The van der Waals surface area contributed by atoms with Gasteiger partial charge in [0, 0.05) is 19.5 Å². The summed E-state index contributed by atoms with van der Waals surface area (Å²) >= 11 is 0. The zero-order chi connectivity index (χ0) is 23.7. The van der Waals surface area contributed by atoms with E-state index in [-0.39, 0.29) is 24.7 Å². The van der Waals surface area contributed by atoms with Crippen molar-refractivity contribution in [3.63, 3.8) is 0 Å². The van der Waals surface area contributed by atoms with Crippen molar-refractivity contribution in [2.24, 2.45) is 0 Å². The molecule has 9 heteroatoms. The Hall–Kier alpha value is -4.14. The number of para-hydroxylation sites is 1. The van der Waals surface area contributed by atoms with Gasteiger partial charge in [0.2, 0.25) is 12.7 Å². The molecule has 0 spiro atoms. The van der Waals surface area contributed by atoms with Gasteiger partial charge >= 0.3 is 0 Å². The number of carbonyl (C=O) groups is 1. The molecule has 0 unspecified atom stereocenters. The van der Waals surface area contributed by atoms with E-state index in [9.17, 15) is 9.59 Å². The van der Waals surface area contributed by atoms with Gasteiger partial charge in [0.25, 0.3) is 5.56 Å². The number of aromatic nitrogens is 4. The molecule has 0 atom stereocenters. The molecular weight excluding hydrogens is 434 g/mol. The van der Waals surface area contributed by atoms with Crippen LogP contribution in [-0.2, 0) is 17.9 Å². The Balaban J connectivity index is 1.24. The minimum atomic E-state index is -0.251. The number of hydrogen-bond acceptors (Lipinski definition) is 6. The van der Waals surface area contributed by atoms with Crippen molar-refractivity contribution in [3.8, 4) is 17.2 Å². The Morgan fingerprint density at radius 2 is 1.85 bits per heavy atom. The molecule has 1 amide bonds. The molecule has 0 radical (unpaired) electrons. The zero-order valence-electron chi connectivity index (χ0n) is 19.1. The number of aryl methyl sites for hydroxylation is 3. The molecule has 1 aliphatic heterocycles. The number of fused-ring (bicyclic) bond motifs is 2. The van der Waals surface area contributed by atoms with Crippen LogP contribution in [0.5, 0.6) is 11.5 Å². The number of carbonyl (C=O) groups excluding carboxylic acids is 1. The lowest BCUT2D eigenvalue weighted by atomic mass is 10.2. The summed E-state index contributed by atoms with van der Waals surface area (Å²) in [6.07, 6.45) is 0.774. The van der Waals surface area contributed by atoms with Gasteiger partial charge in [0.05, 0.1) is 22.5 Å². The van der Waals surface area contributed by atoms with Crippen molar-refractivity contribution >= 4 is 16.8 Å². The Labute approximate surface area is 195 Å². The highest BCUT2D eigenvalue weighted by molar-refractivity contribution is 5.83. The van der Waals surface area contributed by atoms with E-state index in [2.05, 4.69) is 15.5 Å². The van der Waals surface area contributed by atoms with Crippen LogP contribution >= 0.6 is 0 Å². The molecule has 0 saturated carbocycles. The summed E-state index contributed by atoms with van der Waals surface area (Å²) in [5.41, 5.74) is 3.57. The first-order valence-electron chi connectivity index (χ1n) is 11.2. The van der Waals surface area contributed by atoms with Gasteiger partial charge in [-0.05, 0) is 50.1 Å². The Bertz CT molecular complexity index is 1430. The van der Waals surface area contributed by atoms with E-state index in [1.54, 1.807) is 4.68 Å². The van der Waals surface area contributed by atoms with Crippen molar-refractivity contribution in [3.05, 3.63) is 75.8 Å². The predicted octanol–water partition coefficient (Wildman–Crippen LogP) is 3.02. The van der Waals surface area contributed by atoms with Crippen molar-refractivity contribution in [1.29, 1.82) is 0 Å². The van der Waals surface area contributed by atoms with Gasteiger partial charge in [-0.1, -0.05) is 24.3 Å². The number of rotatable bonds is 7. The maximum atomic E-state index is 13.1. The third kappa shape index (κ3) is 4.12. The maximum Gasteiger partial charge on any atom is 0.295 e. The molecule has 0 fully saturated rings. The van der Waals surface area contributed by atoms with E-state index in [1.807, 2.05) is 62.4 Å². The molecule has 1 N–H and O–H groups in total. The first-order valence-corrected chi connectivity index (χ1v) is 11.2.